The number of aliphatic hydroxyl groups is 1. The summed E-state index contributed by atoms with van der Waals surface area (Å²) in [5.74, 6) is 0.372. The molecule has 0 spiro atoms. The first kappa shape index (κ1) is 29.6. The standard InChI is InChI=1S/C28H39N5O6/c1-17(2)29-27(36)31-23-9-7-8-22-25(23)39-24(18(3)14-33(26(22)35)19(4)16-34)15-32(5)28(37)30-20-10-12-21(38-6)13-11-20/h7-13,17-19,24,34H,14-16H2,1-6H3,(H,30,37)(H2,29,31,36)/t18-,19-,24-/m0/s1. The van der Waals surface area contributed by atoms with Crippen molar-refractivity contribution in [1.29, 1.82) is 0 Å². The zero-order valence-electron chi connectivity index (χ0n) is 23.4. The van der Waals surface area contributed by atoms with Crippen LogP contribution in [-0.2, 0) is 0 Å². The van der Waals surface area contributed by atoms with Crippen LogP contribution in [-0.4, -0.2) is 84.9 Å². The first-order valence-corrected chi connectivity index (χ1v) is 13.0. The molecule has 4 N–H and O–H groups in total. The van der Waals surface area contributed by atoms with Gasteiger partial charge >= 0.3 is 12.1 Å². The van der Waals surface area contributed by atoms with Crippen molar-refractivity contribution in [3.05, 3.63) is 48.0 Å². The second kappa shape index (κ2) is 13.2. The topological polar surface area (TPSA) is 132 Å². The van der Waals surface area contributed by atoms with E-state index in [2.05, 4.69) is 16.0 Å². The van der Waals surface area contributed by atoms with Crippen LogP contribution in [0.25, 0.3) is 0 Å². The van der Waals surface area contributed by atoms with Gasteiger partial charge in [-0.25, -0.2) is 9.59 Å². The Morgan fingerprint density at radius 2 is 1.85 bits per heavy atom. The van der Waals surface area contributed by atoms with Gasteiger partial charge in [-0.15, -0.1) is 0 Å². The lowest BCUT2D eigenvalue weighted by Crippen LogP contribution is -2.50. The predicted octanol–water partition coefficient (Wildman–Crippen LogP) is 3.61. The number of rotatable bonds is 8. The second-order valence-electron chi connectivity index (χ2n) is 10.1. The van der Waals surface area contributed by atoms with E-state index < -0.39 is 18.2 Å². The third kappa shape index (κ3) is 7.53. The number of nitrogens with zero attached hydrogens (tertiary/aromatic N) is 2. The number of ether oxygens (including phenoxy) is 2. The number of carbonyl (C=O) groups is 3. The van der Waals surface area contributed by atoms with Gasteiger partial charge in [0, 0.05) is 31.2 Å². The maximum Gasteiger partial charge on any atom is 0.321 e. The van der Waals surface area contributed by atoms with Crippen LogP contribution in [0.15, 0.2) is 42.5 Å². The molecule has 0 aromatic heterocycles. The SMILES string of the molecule is COc1ccc(NC(=O)N(C)C[C@@H]2Oc3c(NC(=O)NC(C)C)cccc3C(=O)N([C@@H](C)CO)C[C@@H]2C)cc1. The van der Waals surface area contributed by atoms with Crippen molar-refractivity contribution in [3.8, 4) is 11.5 Å². The average molecular weight is 542 g/mol. The Hall–Kier alpha value is -3.99. The minimum atomic E-state index is -0.534. The molecule has 0 bridgehead atoms. The molecule has 11 heteroatoms. The van der Waals surface area contributed by atoms with Crippen molar-refractivity contribution >= 4 is 29.3 Å². The minimum absolute atomic E-state index is 0.0930. The van der Waals surface area contributed by atoms with Crippen LogP contribution in [0, 0.1) is 5.92 Å². The molecule has 2 aromatic carbocycles. The van der Waals surface area contributed by atoms with Crippen LogP contribution < -0.4 is 25.4 Å². The molecule has 0 unspecified atom stereocenters. The summed E-state index contributed by atoms with van der Waals surface area (Å²) < 4.78 is 11.6. The van der Waals surface area contributed by atoms with Crippen molar-refractivity contribution in [1.82, 2.24) is 15.1 Å². The van der Waals surface area contributed by atoms with Crippen LogP contribution >= 0.6 is 0 Å². The molecule has 1 aliphatic rings. The number of urea groups is 2. The van der Waals surface area contributed by atoms with Gasteiger partial charge in [0.25, 0.3) is 5.91 Å². The number of anilines is 2. The lowest BCUT2D eigenvalue weighted by Gasteiger charge is -2.38. The Morgan fingerprint density at radius 1 is 1.15 bits per heavy atom. The summed E-state index contributed by atoms with van der Waals surface area (Å²) in [5.41, 5.74) is 1.21. The molecule has 212 valence electrons. The van der Waals surface area contributed by atoms with E-state index in [9.17, 15) is 19.5 Å². The van der Waals surface area contributed by atoms with Gasteiger partial charge in [-0.05, 0) is 57.2 Å². The lowest BCUT2D eigenvalue weighted by molar-refractivity contribution is 0.0373. The summed E-state index contributed by atoms with van der Waals surface area (Å²) in [5, 5.41) is 18.3. The molecule has 0 aliphatic carbocycles. The van der Waals surface area contributed by atoms with Gasteiger partial charge in [0.05, 0.1) is 37.6 Å². The highest BCUT2D eigenvalue weighted by Crippen LogP contribution is 2.35. The van der Waals surface area contributed by atoms with E-state index in [1.54, 1.807) is 68.4 Å². The summed E-state index contributed by atoms with van der Waals surface area (Å²) in [6.45, 7) is 7.68. The molecular weight excluding hydrogens is 502 g/mol. The Labute approximate surface area is 229 Å². The van der Waals surface area contributed by atoms with Crippen molar-refractivity contribution in [2.45, 2.75) is 45.9 Å². The number of amides is 5. The van der Waals surface area contributed by atoms with Crippen molar-refractivity contribution in [2.75, 3.05) is 44.5 Å². The third-order valence-electron chi connectivity index (χ3n) is 6.50. The van der Waals surface area contributed by atoms with Gasteiger partial charge in [0.2, 0.25) is 0 Å². The molecule has 5 amide bonds. The molecule has 3 rings (SSSR count). The number of fused-ring (bicyclic) bond motifs is 1. The van der Waals surface area contributed by atoms with E-state index in [1.165, 1.54) is 4.90 Å². The maximum absolute atomic E-state index is 13.6. The molecule has 0 fully saturated rings. The number of hydrogen-bond donors (Lipinski definition) is 4. The van der Waals surface area contributed by atoms with Gasteiger partial charge in [-0.1, -0.05) is 13.0 Å². The normalized spacial score (nSPS) is 17.7. The Morgan fingerprint density at radius 3 is 2.46 bits per heavy atom. The number of aliphatic hydroxyl groups excluding tert-OH is 1. The predicted molar refractivity (Wildman–Crippen MR) is 150 cm³/mol. The zero-order chi connectivity index (χ0) is 28.7. The van der Waals surface area contributed by atoms with Crippen LogP contribution in [0.1, 0.15) is 38.1 Å². The van der Waals surface area contributed by atoms with Crippen LogP contribution in [0.5, 0.6) is 11.5 Å². The summed E-state index contributed by atoms with van der Waals surface area (Å²) in [6, 6.07) is 10.7. The largest absolute Gasteiger partial charge is 0.497 e. The molecule has 0 saturated carbocycles. The van der Waals surface area contributed by atoms with E-state index in [1.807, 2.05) is 20.8 Å². The fraction of sp³-hybridized carbons (Fsp3) is 0.464. The molecule has 3 atom stereocenters. The number of carbonyl (C=O) groups excluding carboxylic acids is 3. The second-order valence-corrected chi connectivity index (χ2v) is 10.1. The van der Waals surface area contributed by atoms with Crippen molar-refractivity contribution in [2.24, 2.45) is 5.92 Å². The number of para-hydroxylation sites is 1. The number of benzene rings is 2. The van der Waals surface area contributed by atoms with E-state index in [-0.39, 0.29) is 48.4 Å². The Balaban J connectivity index is 1.90. The summed E-state index contributed by atoms with van der Waals surface area (Å²) in [7, 11) is 3.23. The fourth-order valence-electron chi connectivity index (χ4n) is 4.23. The number of nitrogens with one attached hydrogen (secondary N) is 3. The molecule has 2 aromatic rings. The zero-order valence-corrected chi connectivity index (χ0v) is 23.4. The van der Waals surface area contributed by atoms with Gasteiger partial charge in [0.1, 0.15) is 11.9 Å². The van der Waals surface area contributed by atoms with E-state index >= 15 is 0 Å². The first-order valence-electron chi connectivity index (χ1n) is 13.0. The third-order valence-corrected chi connectivity index (χ3v) is 6.50. The molecule has 39 heavy (non-hydrogen) atoms. The smallest absolute Gasteiger partial charge is 0.321 e. The monoisotopic (exact) mass is 541 g/mol. The quantitative estimate of drug-likeness (QED) is 0.404. The van der Waals surface area contributed by atoms with Gasteiger partial charge in [0.15, 0.2) is 5.75 Å². The maximum atomic E-state index is 13.6. The van der Waals surface area contributed by atoms with Gasteiger partial charge < -0.3 is 40.3 Å². The number of likely N-dealkylation sites (N-methyl/N-ethyl adjacent to an activating group) is 1. The summed E-state index contributed by atoms with van der Waals surface area (Å²) in [4.78, 5) is 42.2. The molecule has 1 heterocycles. The molecular formula is C28H39N5O6. The van der Waals surface area contributed by atoms with E-state index in [0.717, 1.165) is 0 Å². The Kier molecular flexibility index (Phi) is 10.00. The number of methoxy groups -OCH3 is 1. The van der Waals surface area contributed by atoms with Crippen LogP contribution in [0.3, 0.4) is 0 Å². The van der Waals surface area contributed by atoms with Crippen LogP contribution in [0.2, 0.25) is 0 Å². The average Bonchev–Trinajstić information content (AvgIpc) is 2.90. The summed E-state index contributed by atoms with van der Waals surface area (Å²) >= 11 is 0. The highest BCUT2D eigenvalue weighted by Gasteiger charge is 2.35. The lowest BCUT2D eigenvalue weighted by atomic mass is 9.99. The number of hydrogen-bond acceptors (Lipinski definition) is 6. The molecule has 0 saturated heterocycles. The molecule has 1 aliphatic heterocycles. The van der Waals surface area contributed by atoms with E-state index in [0.29, 0.717) is 23.7 Å². The summed E-state index contributed by atoms with van der Waals surface area (Å²) in [6.07, 6.45) is -0.534. The van der Waals surface area contributed by atoms with Gasteiger partial charge in [-0.3, -0.25) is 4.79 Å². The van der Waals surface area contributed by atoms with Crippen LogP contribution in [0.4, 0.5) is 21.0 Å². The van der Waals surface area contributed by atoms with E-state index in [4.69, 9.17) is 9.47 Å². The highest BCUT2D eigenvalue weighted by atomic mass is 16.5. The fourth-order valence-corrected chi connectivity index (χ4v) is 4.23. The molecule has 11 nitrogen and oxygen atoms in total. The van der Waals surface area contributed by atoms with Crippen molar-refractivity contribution < 1.29 is 29.0 Å². The highest BCUT2D eigenvalue weighted by molar-refractivity contribution is 6.01. The Bertz CT molecular complexity index is 1160. The van der Waals surface area contributed by atoms with Crippen molar-refractivity contribution in [3.63, 3.8) is 0 Å². The minimum Gasteiger partial charge on any atom is -0.497 e. The first-order chi connectivity index (χ1) is 18.5. The van der Waals surface area contributed by atoms with Gasteiger partial charge in [-0.2, -0.15) is 0 Å². The molecule has 0 radical (unpaired) electrons.